The van der Waals surface area contributed by atoms with Gasteiger partial charge in [0, 0.05) is 6.54 Å². The highest BCUT2D eigenvalue weighted by molar-refractivity contribution is 5.86. The second kappa shape index (κ2) is 4.39. The number of carbonyl (C=O) groups is 1. The third-order valence-corrected chi connectivity index (χ3v) is 2.25. The minimum Gasteiger partial charge on any atom is -0.461 e. The number of nitrogens with zero attached hydrogens (tertiary/aromatic N) is 3. The maximum absolute atomic E-state index is 11.4. The third-order valence-electron chi connectivity index (χ3n) is 2.25. The molecule has 6 heteroatoms. The molecule has 0 aliphatic heterocycles. The molecule has 0 radical (unpaired) electrons. The predicted octanol–water partition coefficient (Wildman–Crippen LogP) is -0.196. The van der Waals surface area contributed by atoms with Gasteiger partial charge in [-0.3, -0.25) is 4.68 Å². The number of nitrogens with two attached hydrogens (primary N) is 1. The van der Waals surface area contributed by atoms with E-state index in [4.69, 9.17) is 10.5 Å². The Morgan fingerprint density at radius 1 is 1.67 bits per heavy atom. The van der Waals surface area contributed by atoms with Crippen molar-refractivity contribution in [2.75, 3.05) is 13.2 Å². The molecular weight excluding hydrogens is 196 g/mol. The molecule has 2 N–H and O–H groups in total. The Bertz CT molecular complexity index is 346. The fourth-order valence-corrected chi connectivity index (χ4v) is 1.19. The van der Waals surface area contributed by atoms with E-state index in [2.05, 4.69) is 10.3 Å². The number of hydrogen-bond donors (Lipinski definition) is 1. The predicted molar refractivity (Wildman–Crippen MR) is 52.1 cm³/mol. The number of esters is 1. The monoisotopic (exact) mass is 210 g/mol. The molecule has 0 amide bonds. The van der Waals surface area contributed by atoms with Crippen molar-refractivity contribution < 1.29 is 9.53 Å². The molecule has 0 spiro atoms. The van der Waals surface area contributed by atoms with Crippen LogP contribution in [0.15, 0.2) is 6.20 Å². The first-order chi connectivity index (χ1) is 7.29. The smallest absolute Gasteiger partial charge is 0.360 e. The molecule has 1 aliphatic rings. The van der Waals surface area contributed by atoms with Crippen LogP contribution in [0.2, 0.25) is 0 Å². The molecule has 1 aliphatic carbocycles. The van der Waals surface area contributed by atoms with Crippen molar-refractivity contribution >= 4 is 5.97 Å². The van der Waals surface area contributed by atoms with Crippen molar-refractivity contribution in [3.8, 4) is 0 Å². The van der Waals surface area contributed by atoms with E-state index in [1.165, 1.54) is 4.68 Å². The highest BCUT2D eigenvalue weighted by Crippen LogP contribution is 2.28. The van der Waals surface area contributed by atoms with Crippen molar-refractivity contribution in [3.63, 3.8) is 0 Å². The van der Waals surface area contributed by atoms with Gasteiger partial charge in [0.2, 0.25) is 0 Å². The van der Waals surface area contributed by atoms with E-state index in [-0.39, 0.29) is 5.69 Å². The van der Waals surface area contributed by atoms with Crippen LogP contribution in [0.4, 0.5) is 0 Å². The number of aromatic nitrogens is 3. The maximum atomic E-state index is 11.4. The van der Waals surface area contributed by atoms with Crippen molar-refractivity contribution in [1.82, 2.24) is 15.0 Å². The van der Waals surface area contributed by atoms with Gasteiger partial charge in [-0.25, -0.2) is 4.79 Å². The number of hydrogen-bond acceptors (Lipinski definition) is 5. The first-order valence-corrected chi connectivity index (χ1v) is 5.07. The summed E-state index contributed by atoms with van der Waals surface area (Å²) in [6, 6.07) is 0. The summed E-state index contributed by atoms with van der Waals surface area (Å²) in [5.74, 6) is 0.165. The lowest BCUT2D eigenvalue weighted by Crippen LogP contribution is -2.10. The Kier molecular flexibility index (Phi) is 2.96. The molecule has 15 heavy (non-hydrogen) atoms. The van der Waals surface area contributed by atoms with E-state index in [1.54, 1.807) is 6.20 Å². The van der Waals surface area contributed by atoms with E-state index >= 15 is 0 Å². The van der Waals surface area contributed by atoms with E-state index in [0.717, 1.165) is 12.8 Å². The quantitative estimate of drug-likeness (QED) is 0.681. The van der Waals surface area contributed by atoms with Gasteiger partial charge in [0.1, 0.15) is 0 Å². The van der Waals surface area contributed by atoms with Crippen molar-refractivity contribution in [2.45, 2.75) is 19.4 Å². The first kappa shape index (κ1) is 10.1. The molecule has 1 aromatic rings. The van der Waals surface area contributed by atoms with Crippen LogP contribution in [0.25, 0.3) is 0 Å². The Morgan fingerprint density at radius 2 is 2.47 bits per heavy atom. The highest BCUT2D eigenvalue weighted by atomic mass is 16.5. The highest BCUT2D eigenvalue weighted by Gasteiger charge is 2.24. The van der Waals surface area contributed by atoms with Gasteiger partial charge < -0.3 is 10.5 Å². The lowest BCUT2D eigenvalue weighted by molar-refractivity contribution is 0.0479. The fourth-order valence-electron chi connectivity index (χ4n) is 1.19. The molecule has 0 aromatic carbocycles. The van der Waals surface area contributed by atoms with Gasteiger partial charge >= 0.3 is 5.97 Å². The second-order valence-corrected chi connectivity index (χ2v) is 3.70. The SMILES string of the molecule is NCCn1cc(C(=O)OCC2CC2)nn1. The molecule has 1 fully saturated rings. The first-order valence-electron chi connectivity index (χ1n) is 5.07. The summed E-state index contributed by atoms with van der Waals surface area (Å²) in [7, 11) is 0. The Balaban J connectivity index is 1.86. The molecule has 0 atom stereocenters. The summed E-state index contributed by atoms with van der Waals surface area (Å²) in [5, 5.41) is 7.47. The van der Waals surface area contributed by atoms with Gasteiger partial charge in [-0.1, -0.05) is 5.21 Å². The minimum absolute atomic E-state index is 0.254. The average molecular weight is 210 g/mol. The van der Waals surface area contributed by atoms with E-state index < -0.39 is 5.97 Å². The van der Waals surface area contributed by atoms with Crippen molar-refractivity contribution in [3.05, 3.63) is 11.9 Å². The molecule has 1 aromatic heterocycles. The number of carbonyl (C=O) groups excluding carboxylic acids is 1. The Morgan fingerprint density at radius 3 is 3.13 bits per heavy atom. The van der Waals surface area contributed by atoms with Gasteiger partial charge in [0.15, 0.2) is 5.69 Å². The summed E-state index contributed by atoms with van der Waals surface area (Å²) in [6.07, 6.45) is 3.88. The molecule has 82 valence electrons. The number of rotatable bonds is 5. The van der Waals surface area contributed by atoms with Crippen molar-refractivity contribution in [2.24, 2.45) is 11.7 Å². The van der Waals surface area contributed by atoms with Gasteiger partial charge in [-0.2, -0.15) is 0 Å². The van der Waals surface area contributed by atoms with Gasteiger partial charge in [0.05, 0.1) is 19.3 Å². The standard InChI is InChI=1S/C9H14N4O2/c10-3-4-13-5-8(11-12-13)9(14)15-6-7-1-2-7/h5,7H,1-4,6,10H2. The van der Waals surface area contributed by atoms with Gasteiger partial charge in [-0.05, 0) is 18.8 Å². The maximum Gasteiger partial charge on any atom is 0.360 e. The summed E-state index contributed by atoms with van der Waals surface area (Å²) in [6.45, 7) is 1.53. The fraction of sp³-hybridized carbons (Fsp3) is 0.667. The van der Waals surface area contributed by atoms with Crippen LogP contribution < -0.4 is 5.73 Å². The second-order valence-electron chi connectivity index (χ2n) is 3.70. The van der Waals surface area contributed by atoms with Crippen LogP contribution in [0, 0.1) is 5.92 Å². The molecule has 0 bridgehead atoms. The Hall–Kier alpha value is -1.43. The molecule has 6 nitrogen and oxygen atoms in total. The zero-order chi connectivity index (χ0) is 10.7. The molecule has 1 heterocycles. The molecule has 1 saturated carbocycles. The summed E-state index contributed by atoms with van der Waals surface area (Å²) >= 11 is 0. The van der Waals surface area contributed by atoms with Crippen LogP contribution in [-0.2, 0) is 11.3 Å². The van der Waals surface area contributed by atoms with Crippen LogP contribution >= 0.6 is 0 Å². The molecule has 0 saturated heterocycles. The van der Waals surface area contributed by atoms with Crippen LogP contribution in [0.5, 0.6) is 0 Å². The van der Waals surface area contributed by atoms with Gasteiger partial charge in [0.25, 0.3) is 0 Å². The van der Waals surface area contributed by atoms with E-state index in [9.17, 15) is 4.79 Å². The summed E-state index contributed by atoms with van der Waals surface area (Å²) < 4.78 is 6.59. The lowest BCUT2D eigenvalue weighted by Gasteiger charge is -1.99. The number of ether oxygens (including phenoxy) is 1. The normalized spacial score (nSPS) is 15.3. The minimum atomic E-state index is -0.398. The summed E-state index contributed by atoms with van der Waals surface area (Å²) in [5.41, 5.74) is 5.60. The largest absolute Gasteiger partial charge is 0.461 e. The van der Waals surface area contributed by atoms with Crippen LogP contribution in [-0.4, -0.2) is 34.1 Å². The van der Waals surface area contributed by atoms with E-state index in [1.807, 2.05) is 0 Å². The summed E-state index contributed by atoms with van der Waals surface area (Å²) in [4.78, 5) is 11.4. The average Bonchev–Trinajstić information content (AvgIpc) is 2.94. The lowest BCUT2D eigenvalue weighted by atomic mass is 10.4. The zero-order valence-electron chi connectivity index (χ0n) is 8.43. The molecular formula is C9H14N4O2. The molecule has 0 unspecified atom stereocenters. The third kappa shape index (κ3) is 2.76. The zero-order valence-corrected chi connectivity index (χ0v) is 8.43. The Labute approximate surface area is 87.4 Å². The van der Waals surface area contributed by atoms with Crippen LogP contribution in [0.3, 0.4) is 0 Å². The molecule has 2 rings (SSSR count). The van der Waals surface area contributed by atoms with Gasteiger partial charge in [-0.15, -0.1) is 5.10 Å². The topological polar surface area (TPSA) is 83.0 Å². The van der Waals surface area contributed by atoms with Crippen LogP contribution in [0.1, 0.15) is 23.3 Å². The van der Waals surface area contributed by atoms with Crippen molar-refractivity contribution in [1.29, 1.82) is 0 Å². The van der Waals surface area contributed by atoms with E-state index in [0.29, 0.717) is 25.6 Å².